The van der Waals surface area contributed by atoms with Gasteiger partial charge in [-0.1, -0.05) is 12.1 Å². The highest BCUT2D eigenvalue weighted by Gasteiger charge is 2.15. The molecule has 0 amide bonds. The minimum atomic E-state index is -0.343. The molecular formula is C20H33FIN3O3. The van der Waals surface area contributed by atoms with Crippen LogP contribution in [0.15, 0.2) is 29.3 Å². The number of hydrogen-bond donors (Lipinski definition) is 1. The first-order valence-electron chi connectivity index (χ1n) is 9.73. The maximum Gasteiger partial charge on any atom is 0.193 e. The third kappa shape index (κ3) is 9.38. The molecule has 0 spiro atoms. The van der Waals surface area contributed by atoms with Crippen LogP contribution in [0.1, 0.15) is 19.8 Å². The first kappa shape index (κ1) is 24.9. The molecule has 0 aromatic heterocycles. The molecule has 1 saturated heterocycles. The molecule has 1 aliphatic rings. The van der Waals surface area contributed by atoms with Crippen molar-refractivity contribution in [3.8, 4) is 5.75 Å². The molecule has 28 heavy (non-hydrogen) atoms. The Morgan fingerprint density at radius 2 is 2.18 bits per heavy atom. The van der Waals surface area contributed by atoms with Crippen molar-refractivity contribution in [3.63, 3.8) is 0 Å². The quantitative estimate of drug-likeness (QED) is 0.215. The van der Waals surface area contributed by atoms with Gasteiger partial charge in [-0.15, -0.1) is 24.0 Å². The molecule has 160 valence electrons. The average molecular weight is 509 g/mol. The summed E-state index contributed by atoms with van der Waals surface area (Å²) in [6.45, 7) is 7.67. The van der Waals surface area contributed by atoms with Crippen molar-refractivity contribution in [2.24, 2.45) is 10.9 Å². The van der Waals surface area contributed by atoms with E-state index >= 15 is 0 Å². The van der Waals surface area contributed by atoms with Crippen molar-refractivity contribution in [2.45, 2.75) is 19.8 Å². The van der Waals surface area contributed by atoms with Gasteiger partial charge in [0.1, 0.15) is 6.61 Å². The number of rotatable bonds is 11. The first-order valence-corrected chi connectivity index (χ1v) is 9.73. The van der Waals surface area contributed by atoms with Crippen LogP contribution in [0.2, 0.25) is 0 Å². The van der Waals surface area contributed by atoms with Gasteiger partial charge in [-0.3, -0.25) is 4.99 Å². The maximum atomic E-state index is 13.6. The zero-order valence-corrected chi connectivity index (χ0v) is 19.2. The van der Waals surface area contributed by atoms with Crippen LogP contribution in [-0.2, 0) is 9.47 Å². The number of ether oxygens (including phenoxy) is 3. The van der Waals surface area contributed by atoms with Gasteiger partial charge in [0.05, 0.1) is 19.8 Å². The zero-order chi connectivity index (χ0) is 19.3. The van der Waals surface area contributed by atoms with Crippen LogP contribution in [0.25, 0.3) is 0 Å². The Hall–Kier alpha value is -1.13. The Balaban J connectivity index is 0.00000392. The van der Waals surface area contributed by atoms with Crippen LogP contribution < -0.4 is 10.1 Å². The lowest BCUT2D eigenvalue weighted by atomic mass is 10.1. The van der Waals surface area contributed by atoms with E-state index in [0.29, 0.717) is 32.2 Å². The molecule has 1 N–H and O–H groups in total. The summed E-state index contributed by atoms with van der Waals surface area (Å²) >= 11 is 0. The molecule has 1 unspecified atom stereocenters. The van der Waals surface area contributed by atoms with Crippen LogP contribution in [0.5, 0.6) is 5.75 Å². The summed E-state index contributed by atoms with van der Waals surface area (Å²) < 4.78 is 30.1. The van der Waals surface area contributed by atoms with E-state index in [2.05, 4.69) is 10.3 Å². The maximum absolute atomic E-state index is 13.6. The molecule has 0 saturated carbocycles. The number of guanidine groups is 1. The summed E-state index contributed by atoms with van der Waals surface area (Å²) in [6, 6.07) is 6.43. The number of nitrogens with one attached hydrogen (secondary N) is 1. The Morgan fingerprint density at radius 1 is 1.36 bits per heavy atom. The largest absolute Gasteiger partial charge is 0.489 e. The van der Waals surface area contributed by atoms with E-state index in [4.69, 9.17) is 14.2 Å². The van der Waals surface area contributed by atoms with E-state index in [0.717, 1.165) is 45.2 Å². The highest BCUT2D eigenvalue weighted by atomic mass is 127. The topological polar surface area (TPSA) is 55.3 Å². The van der Waals surface area contributed by atoms with Crippen molar-refractivity contribution in [2.75, 3.05) is 59.7 Å². The van der Waals surface area contributed by atoms with Crippen molar-refractivity contribution >= 4 is 29.9 Å². The summed E-state index contributed by atoms with van der Waals surface area (Å²) in [4.78, 5) is 6.61. The molecule has 1 fully saturated rings. The highest BCUT2D eigenvalue weighted by molar-refractivity contribution is 14.0. The van der Waals surface area contributed by atoms with Crippen LogP contribution in [0.4, 0.5) is 4.39 Å². The number of likely N-dealkylation sites (N-methyl/N-ethyl adjacent to an activating group) is 1. The molecule has 1 aromatic carbocycles. The fourth-order valence-corrected chi connectivity index (χ4v) is 2.75. The normalized spacial score (nSPS) is 16.5. The monoisotopic (exact) mass is 509 g/mol. The fraction of sp³-hybridized carbons (Fsp3) is 0.650. The standard InChI is InChI=1S/C20H32FN3O3.HI/c1-3-22-20(23-10-6-12-25-15-17-9-13-26-16-17)24(2)11-14-27-19-8-5-4-7-18(19)21;/h4-5,7-8,17H,3,6,9-16H2,1-2H3,(H,22,23);1H. The van der Waals surface area contributed by atoms with E-state index in [1.807, 2.05) is 18.9 Å². The molecule has 1 aromatic rings. The molecule has 1 heterocycles. The third-order valence-electron chi connectivity index (χ3n) is 4.30. The number of aliphatic imine (C=N–C) groups is 1. The summed E-state index contributed by atoms with van der Waals surface area (Å²) in [6.07, 6.45) is 1.98. The van der Waals surface area contributed by atoms with Crippen LogP contribution in [0.3, 0.4) is 0 Å². The van der Waals surface area contributed by atoms with Crippen molar-refractivity contribution in [1.29, 1.82) is 0 Å². The lowest BCUT2D eigenvalue weighted by Crippen LogP contribution is -2.41. The predicted molar refractivity (Wildman–Crippen MR) is 120 cm³/mol. The summed E-state index contributed by atoms with van der Waals surface area (Å²) in [5.41, 5.74) is 0. The summed E-state index contributed by atoms with van der Waals surface area (Å²) in [5.74, 6) is 1.30. The van der Waals surface area contributed by atoms with E-state index < -0.39 is 0 Å². The number of hydrogen-bond acceptors (Lipinski definition) is 4. The van der Waals surface area contributed by atoms with Crippen molar-refractivity contribution < 1.29 is 18.6 Å². The number of nitrogens with zero attached hydrogens (tertiary/aromatic N) is 2. The zero-order valence-electron chi connectivity index (χ0n) is 16.9. The van der Waals surface area contributed by atoms with Gasteiger partial charge in [0.25, 0.3) is 0 Å². The Labute approximate surface area is 184 Å². The molecule has 2 rings (SSSR count). The van der Waals surface area contributed by atoms with Gasteiger partial charge in [0.15, 0.2) is 17.5 Å². The second-order valence-corrected chi connectivity index (χ2v) is 6.59. The Bertz CT molecular complexity index is 571. The molecule has 0 radical (unpaired) electrons. The lowest BCUT2D eigenvalue weighted by molar-refractivity contribution is 0.0893. The average Bonchev–Trinajstić information content (AvgIpc) is 3.18. The van der Waals surface area contributed by atoms with Gasteiger partial charge in [-0.25, -0.2) is 4.39 Å². The highest BCUT2D eigenvalue weighted by Crippen LogP contribution is 2.15. The predicted octanol–water partition coefficient (Wildman–Crippen LogP) is 3.16. The van der Waals surface area contributed by atoms with Crippen LogP contribution in [-0.4, -0.2) is 70.6 Å². The minimum Gasteiger partial charge on any atom is -0.489 e. The van der Waals surface area contributed by atoms with Gasteiger partial charge in [0, 0.05) is 39.3 Å². The van der Waals surface area contributed by atoms with Gasteiger partial charge >= 0.3 is 0 Å². The lowest BCUT2D eigenvalue weighted by Gasteiger charge is -2.22. The Morgan fingerprint density at radius 3 is 2.89 bits per heavy atom. The van der Waals surface area contributed by atoms with E-state index in [1.54, 1.807) is 18.2 Å². The van der Waals surface area contributed by atoms with Gasteiger partial charge < -0.3 is 24.4 Å². The molecule has 0 aliphatic carbocycles. The van der Waals surface area contributed by atoms with E-state index in [1.165, 1.54) is 6.07 Å². The summed E-state index contributed by atoms with van der Waals surface area (Å²) in [5, 5.41) is 3.27. The van der Waals surface area contributed by atoms with Crippen molar-refractivity contribution in [1.82, 2.24) is 10.2 Å². The summed E-state index contributed by atoms with van der Waals surface area (Å²) in [7, 11) is 1.95. The minimum absolute atomic E-state index is 0. The second kappa shape index (κ2) is 14.8. The van der Waals surface area contributed by atoms with Crippen molar-refractivity contribution in [3.05, 3.63) is 30.1 Å². The molecule has 1 atom stereocenters. The van der Waals surface area contributed by atoms with Gasteiger partial charge in [-0.2, -0.15) is 0 Å². The number of benzene rings is 1. The smallest absolute Gasteiger partial charge is 0.193 e. The number of halogens is 2. The third-order valence-corrected chi connectivity index (χ3v) is 4.30. The van der Waals surface area contributed by atoms with E-state index in [-0.39, 0.29) is 35.5 Å². The van der Waals surface area contributed by atoms with Crippen LogP contribution >= 0.6 is 24.0 Å². The second-order valence-electron chi connectivity index (χ2n) is 6.59. The molecule has 1 aliphatic heterocycles. The SMILES string of the molecule is CCNC(=NCCCOCC1CCOC1)N(C)CCOc1ccccc1F.I. The number of para-hydroxylation sites is 1. The molecular weight excluding hydrogens is 476 g/mol. The molecule has 6 nitrogen and oxygen atoms in total. The first-order chi connectivity index (χ1) is 13.2. The van der Waals surface area contributed by atoms with Gasteiger partial charge in [0.2, 0.25) is 0 Å². The van der Waals surface area contributed by atoms with Crippen LogP contribution in [0, 0.1) is 11.7 Å². The molecule has 8 heteroatoms. The fourth-order valence-electron chi connectivity index (χ4n) is 2.75. The molecule has 0 bridgehead atoms. The Kier molecular flexibility index (Phi) is 13.2. The van der Waals surface area contributed by atoms with Gasteiger partial charge in [-0.05, 0) is 31.9 Å². The van der Waals surface area contributed by atoms with E-state index in [9.17, 15) is 4.39 Å².